The number of nitrogens with two attached hydrogens (primary N) is 1. The average Bonchev–Trinajstić information content (AvgIpc) is 2.43. The van der Waals surface area contributed by atoms with Crippen LogP contribution in [0.5, 0.6) is 0 Å². The van der Waals surface area contributed by atoms with Crippen molar-refractivity contribution in [2.24, 2.45) is 5.73 Å². The Bertz CT molecular complexity index is 396. The maximum absolute atomic E-state index is 12.1. The smallest absolute Gasteiger partial charge is 0.321 e. The molecule has 0 radical (unpaired) electrons. The Kier molecular flexibility index (Phi) is 6.92. The third kappa shape index (κ3) is 5.28. The number of hydrogen-bond donors (Lipinski definition) is 2. The molecular weight excluding hydrogens is 242 g/mol. The van der Waals surface area contributed by atoms with Gasteiger partial charge in [0.2, 0.25) is 0 Å². The van der Waals surface area contributed by atoms with Crippen molar-refractivity contribution >= 4 is 11.7 Å². The van der Waals surface area contributed by atoms with E-state index in [0.717, 1.165) is 11.3 Å². The molecule has 0 bridgehead atoms. The lowest BCUT2D eigenvalue weighted by atomic mass is 10.2. The molecule has 1 aromatic carbocycles. The number of carbonyl (C=O) groups is 1. The molecular formula is C14H23N3O2. The second-order valence-electron chi connectivity index (χ2n) is 4.11. The SMILES string of the molecule is CCOCCN(CC)C(=O)Nc1cccc(CN)c1. The van der Waals surface area contributed by atoms with E-state index in [1.807, 2.05) is 38.1 Å². The summed E-state index contributed by atoms with van der Waals surface area (Å²) in [5.41, 5.74) is 7.34. The van der Waals surface area contributed by atoms with Gasteiger partial charge in [-0.3, -0.25) is 0 Å². The van der Waals surface area contributed by atoms with Crippen molar-refractivity contribution in [3.63, 3.8) is 0 Å². The van der Waals surface area contributed by atoms with Gasteiger partial charge in [-0.25, -0.2) is 4.79 Å². The van der Waals surface area contributed by atoms with Crippen LogP contribution in [0.25, 0.3) is 0 Å². The number of rotatable bonds is 7. The topological polar surface area (TPSA) is 67.6 Å². The van der Waals surface area contributed by atoms with Gasteiger partial charge in [0.05, 0.1) is 6.61 Å². The summed E-state index contributed by atoms with van der Waals surface area (Å²) < 4.78 is 5.26. The fourth-order valence-electron chi connectivity index (χ4n) is 1.70. The van der Waals surface area contributed by atoms with E-state index in [9.17, 15) is 4.79 Å². The number of anilines is 1. The summed E-state index contributed by atoms with van der Waals surface area (Å²) in [6.07, 6.45) is 0. The van der Waals surface area contributed by atoms with Crippen molar-refractivity contribution in [2.75, 3.05) is 31.6 Å². The van der Waals surface area contributed by atoms with Crippen LogP contribution >= 0.6 is 0 Å². The molecule has 0 saturated heterocycles. The molecule has 0 atom stereocenters. The third-order valence-corrected chi connectivity index (χ3v) is 2.79. The lowest BCUT2D eigenvalue weighted by molar-refractivity contribution is 0.123. The standard InChI is InChI=1S/C14H23N3O2/c1-3-17(8-9-19-4-2)14(18)16-13-7-5-6-12(10-13)11-15/h5-7,10H,3-4,8-9,11,15H2,1-2H3,(H,16,18). The number of nitrogens with one attached hydrogen (secondary N) is 1. The molecule has 1 aromatic rings. The highest BCUT2D eigenvalue weighted by Crippen LogP contribution is 2.11. The second-order valence-corrected chi connectivity index (χ2v) is 4.11. The Morgan fingerprint density at radius 3 is 2.84 bits per heavy atom. The van der Waals surface area contributed by atoms with E-state index in [0.29, 0.717) is 32.8 Å². The molecule has 5 nitrogen and oxygen atoms in total. The van der Waals surface area contributed by atoms with Crippen molar-refractivity contribution in [1.29, 1.82) is 0 Å². The molecule has 19 heavy (non-hydrogen) atoms. The molecule has 0 aliphatic heterocycles. The first-order valence-corrected chi connectivity index (χ1v) is 6.63. The number of likely N-dealkylation sites (N-methyl/N-ethyl adjacent to an activating group) is 1. The van der Waals surface area contributed by atoms with Gasteiger partial charge >= 0.3 is 6.03 Å². The first kappa shape index (κ1) is 15.5. The van der Waals surface area contributed by atoms with E-state index < -0.39 is 0 Å². The molecule has 0 unspecified atom stereocenters. The summed E-state index contributed by atoms with van der Waals surface area (Å²) in [4.78, 5) is 13.8. The van der Waals surface area contributed by atoms with Crippen molar-refractivity contribution in [3.8, 4) is 0 Å². The lowest BCUT2D eigenvalue weighted by Crippen LogP contribution is -2.37. The molecule has 106 valence electrons. The molecule has 0 fully saturated rings. The fraction of sp³-hybridized carbons (Fsp3) is 0.500. The summed E-state index contributed by atoms with van der Waals surface area (Å²) in [6.45, 7) is 6.81. The Hall–Kier alpha value is -1.59. The molecule has 5 heteroatoms. The monoisotopic (exact) mass is 265 g/mol. The largest absolute Gasteiger partial charge is 0.380 e. The lowest BCUT2D eigenvalue weighted by Gasteiger charge is -2.21. The average molecular weight is 265 g/mol. The zero-order valence-corrected chi connectivity index (χ0v) is 11.7. The molecule has 0 saturated carbocycles. The Morgan fingerprint density at radius 1 is 1.42 bits per heavy atom. The summed E-state index contributed by atoms with van der Waals surface area (Å²) >= 11 is 0. The van der Waals surface area contributed by atoms with Crippen LogP contribution in [0.2, 0.25) is 0 Å². The summed E-state index contributed by atoms with van der Waals surface area (Å²) in [6, 6.07) is 7.44. The van der Waals surface area contributed by atoms with Gasteiger partial charge in [-0.15, -0.1) is 0 Å². The van der Waals surface area contributed by atoms with E-state index in [1.54, 1.807) is 4.90 Å². The zero-order valence-electron chi connectivity index (χ0n) is 11.7. The molecule has 0 heterocycles. The summed E-state index contributed by atoms with van der Waals surface area (Å²) in [7, 11) is 0. The number of carbonyl (C=O) groups excluding carboxylic acids is 1. The van der Waals surface area contributed by atoms with Gasteiger partial charge in [-0.2, -0.15) is 0 Å². The third-order valence-electron chi connectivity index (χ3n) is 2.79. The number of nitrogens with zero attached hydrogens (tertiary/aromatic N) is 1. The van der Waals surface area contributed by atoms with Crippen LogP contribution in [0.4, 0.5) is 10.5 Å². The maximum Gasteiger partial charge on any atom is 0.321 e. The minimum absolute atomic E-state index is 0.114. The predicted octanol–water partition coefficient (Wildman–Crippen LogP) is 2.04. The van der Waals surface area contributed by atoms with Crippen LogP contribution in [0, 0.1) is 0 Å². The van der Waals surface area contributed by atoms with Crippen LogP contribution in [-0.4, -0.2) is 37.2 Å². The van der Waals surface area contributed by atoms with Gasteiger partial charge in [0.25, 0.3) is 0 Å². The second kappa shape index (κ2) is 8.50. The van der Waals surface area contributed by atoms with Gasteiger partial charge < -0.3 is 20.7 Å². The van der Waals surface area contributed by atoms with Crippen LogP contribution in [0.15, 0.2) is 24.3 Å². The van der Waals surface area contributed by atoms with Crippen LogP contribution in [0.3, 0.4) is 0 Å². The first-order chi connectivity index (χ1) is 9.21. The van der Waals surface area contributed by atoms with E-state index in [4.69, 9.17) is 10.5 Å². The molecule has 1 rings (SSSR count). The minimum Gasteiger partial charge on any atom is -0.380 e. The van der Waals surface area contributed by atoms with E-state index in [1.165, 1.54) is 0 Å². The van der Waals surface area contributed by atoms with Crippen LogP contribution in [0.1, 0.15) is 19.4 Å². The Morgan fingerprint density at radius 2 is 2.21 bits per heavy atom. The van der Waals surface area contributed by atoms with Crippen LogP contribution in [-0.2, 0) is 11.3 Å². The highest BCUT2D eigenvalue weighted by molar-refractivity contribution is 5.89. The highest BCUT2D eigenvalue weighted by Gasteiger charge is 2.11. The number of urea groups is 1. The van der Waals surface area contributed by atoms with Crippen molar-refractivity contribution in [3.05, 3.63) is 29.8 Å². The van der Waals surface area contributed by atoms with Crippen molar-refractivity contribution in [1.82, 2.24) is 4.90 Å². The van der Waals surface area contributed by atoms with Gasteiger partial charge in [-0.1, -0.05) is 12.1 Å². The predicted molar refractivity (Wildman–Crippen MR) is 77.1 cm³/mol. The Labute approximate surface area is 114 Å². The molecule has 3 N–H and O–H groups in total. The number of benzene rings is 1. The van der Waals surface area contributed by atoms with E-state index in [-0.39, 0.29) is 6.03 Å². The van der Waals surface area contributed by atoms with Gasteiger partial charge in [0.15, 0.2) is 0 Å². The Balaban J connectivity index is 2.55. The zero-order chi connectivity index (χ0) is 14.1. The molecule has 2 amide bonds. The first-order valence-electron chi connectivity index (χ1n) is 6.63. The highest BCUT2D eigenvalue weighted by atomic mass is 16.5. The molecule has 0 aliphatic rings. The molecule has 0 aliphatic carbocycles. The minimum atomic E-state index is -0.114. The number of amides is 2. The van der Waals surface area contributed by atoms with Crippen molar-refractivity contribution < 1.29 is 9.53 Å². The van der Waals surface area contributed by atoms with Crippen molar-refractivity contribution in [2.45, 2.75) is 20.4 Å². The van der Waals surface area contributed by atoms with Gasteiger partial charge in [0, 0.05) is 31.9 Å². The molecule has 0 spiro atoms. The van der Waals surface area contributed by atoms with E-state index >= 15 is 0 Å². The number of ether oxygens (including phenoxy) is 1. The summed E-state index contributed by atoms with van der Waals surface area (Å²) in [5, 5.41) is 2.87. The molecule has 0 aromatic heterocycles. The maximum atomic E-state index is 12.1. The summed E-state index contributed by atoms with van der Waals surface area (Å²) in [5.74, 6) is 0. The quantitative estimate of drug-likeness (QED) is 0.741. The van der Waals surface area contributed by atoms with Gasteiger partial charge in [-0.05, 0) is 31.5 Å². The number of hydrogen-bond acceptors (Lipinski definition) is 3. The fourth-order valence-corrected chi connectivity index (χ4v) is 1.70. The normalized spacial score (nSPS) is 10.3. The van der Waals surface area contributed by atoms with E-state index in [2.05, 4.69) is 5.32 Å². The van der Waals surface area contributed by atoms with Gasteiger partial charge in [0.1, 0.15) is 0 Å². The van der Waals surface area contributed by atoms with Crippen LogP contribution < -0.4 is 11.1 Å².